The summed E-state index contributed by atoms with van der Waals surface area (Å²) in [5, 5.41) is 0. The van der Waals surface area contributed by atoms with E-state index in [9.17, 15) is 13.2 Å². The number of nitrogens with one attached hydrogen (secondary N) is 2. The minimum absolute atomic E-state index is 0.0740. The van der Waals surface area contributed by atoms with Gasteiger partial charge in [0.15, 0.2) is 6.10 Å². The van der Waals surface area contributed by atoms with Crippen LogP contribution in [0.15, 0.2) is 53.4 Å². The molecule has 0 saturated carbocycles. The molecule has 0 fully saturated rings. The zero-order chi connectivity index (χ0) is 21.4. The van der Waals surface area contributed by atoms with Crippen LogP contribution >= 0.6 is 0 Å². The quantitative estimate of drug-likeness (QED) is 0.575. The Labute approximate surface area is 172 Å². The van der Waals surface area contributed by atoms with Gasteiger partial charge in [0.05, 0.1) is 11.5 Å². The van der Waals surface area contributed by atoms with Crippen LogP contribution in [-0.2, 0) is 14.8 Å². The molecule has 0 spiro atoms. The summed E-state index contributed by atoms with van der Waals surface area (Å²) in [6, 6.07) is 13.4. The summed E-state index contributed by atoms with van der Waals surface area (Å²) in [5.74, 6) is 0.905. The van der Waals surface area contributed by atoms with Gasteiger partial charge in [0.2, 0.25) is 0 Å². The van der Waals surface area contributed by atoms with Gasteiger partial charge in [0.25, 0.3) is 15.9 Å². The Morgan fingerprint density at radius 1 is 0.966 bits per heavy atom. The molecule has 0 aliphatic carbocycles. The maximum Gasteiger partial charge on any atom is 0.275 e. The highest BCUT2D eigenvalue weighted by Crippen LogP contribution is 2.20. The number of hydrazine groups is 1. The Balaban J connectivity index is 1.92. The molecule has 7 nitrogen and oxygen atoms in total. The van der Waals surface area contributed by atoms with Gasteiger partial charge in [-0.2, -0.15) is 0 Å². The molecule has 0 aliphatic rings. The Morgan fingerprint density at radius 3 is 2.10 bits per heavy atom. The fraction of sp³-hybridized carbons (Fsp3) is 0.381. The summed E-state index contributed by atoms with van der Waals surface area (Å²) in [6.45, 7) is 8.12. The molecule has 158 valence electrons. The Morgan fingerprint density at radius 2 is 1.55 bits per heavy atom. The maximum atomic E-state index is 12.4. The predicted molar refractivity (Wildman–Crippen MR) is 111 cm³/mol. The molecule has 29 heavy (non-hydrogen) atoms. The molecule has 2 atom stereocenters. The number of hydrogen-bond donors (Lipinski definition) is 2. The van der Waals surface area contributed by atoms with Crippen LogP contribution in [0.25, 0.3) is 0 Å². The van der Waals surface area contributed by atoms with Crippen molar-refractivity contribution in [3.63, 3.8) is 0 Å². The van der Waals surface area contributed by atoms with Crippen LogP contribution in [0.5, 0.6) is 11.5 Å². The first-order chi connectivity index (χ1) is 13.8. The molecule has 0 unspecified atom stereocenters. The van der Waals surface area contributed by atoms with E-state index in [1.165, 1.54) is 19.1 Å². The summed E-state index contributed by atoms with van der Waals surface area (Å²) in [6.07, 6.45) is 0.0653. The van der Waals surface area contributed by atoms with Gasteiger partial charge in [0.1, 0.15) is 11.5 Å². The number of amides is 1. The lowest BCUT2D eigenvalue weighted by Gasteiger charge is -2.16. The number of carbonyl (C=O) groups excluding carboxylic acids is 1. The third-order valence-corrected chi connectivity index (χ3v) is 5.76. The van der Waals surface area contributed by atoms with E-state index in [1.807, 2.05) is 6.92 Å². The van der Waals surface area contributed by atoms with Crippen LogP contribution in [0, 0.1) is 0 Å². The Kier molecular flexibility index (Phi) is 8.04. The summed E-state index contributed by atoms with van der Waals surface area (Å²) >= 11 is 0. The third-order valence-electron chi connectivity index (χ3n) is 4.50. The first-order valence-corrected chi connectivity index (χ1v) is 11.1. The van der Waals surface area contributed by atoms with Crippen molar-refractivity contribution in [3.8, 4) is 11.5 Å². The fourth-order valence-corrected chi connectivity index (χ4v) is 3.38. The number of carbonyl (C=O) groups is 1. The predicted octanol–water partition coefficient (Wildman–Crippen LogP) is 3.38. The molecule has 0 bridgehead atoms. The summed E-state index contributed by atoms with van der Waals surface area (Å²) in [4.78, 5) is 14.4. The molecule has 2 N–H and O–H groups in total. The lowest BCUT2D eigenvalue weighted by molar-refractivity contribution is -0.127. The fourth-order valence-electron chi connectivity index (χ4n) is 2.53. The number of benzene rings is 2. The summed E-state index contributed by atoms with van der Waals surface area (Å²) < 4.78 is 35.7. The van der Waals surface area contributed by atoms with Crippen molar-refractivity contribution in [2.45, 2.75) is 51.0 Å². The van der Waals surface area contributed by atoms with Crippen LogP contribution in [0.1, 0.15) is 45.6 Å². The first kappa shape index (κ1) is 22.7. The second kappa shape index (κ2) is 10.3. The number of rotatable bonds is 10. The molecule has 0 radical (unpaired) electrons. The van der Waals surface area contributed by atoms with E-state index in [2.05, 4.69) is 24.1 Å². The Bertz CT molecular complexity index is 896. The molecule has 0 aliphatic heterocycles. The first-order valence-electron chi connectivity index (χ1n) is 9.58. The van der Waals surface area contributed by atoms with Crippen molar-refractivity contribution < 1.29 is 22.7 Å². The standard InChI is InChI=1S/C21H28N2O5S/c1-5-15(3)17-7-13-20(14-8-17)29(25,26)23-22-21(24)16(4)28-19-11-9-18(10-12-19)27-6-2/h7-16,23H,5-6H2,1-4H3,(H,22,24)/t15-,16+/m1/s1. The molecule has 1 amide bonds. The minimum Gasteiger partial charge on any atom is -0.494 e. The lowest BCUT2D eigenvalue weighted by Crippen LogP contribution is -2.47. The van der Waals surface area contributed by atoms with Crippen LogP contribution in [0.3, 0.4) is 0 Å². The van der Waals surface area contributed by atoms with Gasteiger partial charge in [-0.1, -0.05) is 26.0 Å². The van der Waals surface area contributed by atoms with Crippen molar-refractivity contribution in [1.29, 1.82) is 0 Å². The second-order valence-electron chi connectivity index (χ2n) is 6.64. The van der Waals surface area contributed by atoms with Crippen molar-refractivity contribution >= 4 is 15.9 Å². The van der Waals surface area contributed by atoms with Gasteiger partial charge in [-0.3, -0.25) is 10.2 Å². The van der Waals surface area contributed by atoms with E-state index in [1.54, 1.807) is 36.4 Å². The highest BCUT2D eigenvalue weighted by atomic mass is 32.2. The maximum absolute atomic E-state index is 12.4. The van der Waals surface area contributed by atoms with E-state index < -0.39 is 22.0 Å². The van der Waals surface area contributed by atoms with Gasteiger partial charge in [0, 0.05) is 0 Å². The van der Waals surface area contributed by atoms with Crippen molar-refractivity contribution in [1.82, 2.24) is 10.3 Å². The van der Waals surface area contributed by atoms with Gasteiger partial charge < -0.3 is 9.47 Å². The van der Waals surface area contributed by atoms with E-state index in [-0.39, 0.29) is 4.90 Å². The topological polar surface area (TPSA) is 93.7 Å². The van der Waals surface area contributed by atoms with Crippen molar-refractivity contribution in [3.05, 3.63) is 54.1 Å². The largest absolute Gasteiger partial charge is 0.494 e. The highest BCUT2D eigenvalue weighted by Gasteiger charge is 2.19. The smallest absolute Gasteiger partial charge is 0.275 e. The average molecular weight is 421 g/mol. The van der Waals surface area contributed by atoms with Gasteiger partial charge in [-0.25, -0.2) is 8.42 Å². The molecule has 2 rings (SSSR count). The van der Waals surface area contributed by atoms with Gasteiger partial charge >= 0.3 is 0 Å². The second-order valence-corrected chi connectivity index (χ2v) is 8.32. The molecule has 0 aromatic heterocycles. The van der Waals surface area contributed by atoms with Gasteiger partial charge in [-0.15, -0.1) is 4.83 Å². The molecule has 2 aromatic carbocycles. The van der Waals surface area contributed by atoms with E-state index in [0.29, 0.717) is 24.0 Å². The zero-order valence-electron chi connectivity index (χ0n) is 17.1. The number of sulfonamides is 1. The normalized spacial score (nSPS) is 13.4. The number of hydrogen-bond acceptors (Lipinski definition) is 5. The Hall–Kier alpha value is -2.58. The SMILES string of the molecule is CCOc1ccc(O[C@@H](C)C(=O)NNS(=O)(=O)c2ccc([C@H](C)CC)cc2)cc1. The summed E-state index contributed by atoms with van der Waals surface area (Å²) in [7, 11) is -3.88. The lowest BCUT2D eigenvalue weighted by atomic mass is 9.99. The minimum atomic E-state index is -3.88. The van der Waals surface area contributed by atoms with Crippen molar-refractivity contribution in [2.75, 3.05) is 6.61 Å². The monoisotopic (exact) mass is 420 g/mol. The van der Waals surface area contributed by atoms with Crippen LogP contribution in [0.4, 0.5) is 0 Å². The highest BCUT2D eigenvalue weighted by molar-refractivity contribution is 7.89. The molecule has 0 heterocycles. The zero-order valence-corrected chi connectivity index (χ0v) is 18.0. The van der Waals surface area contributed by atoms with Crippen LogP contribution in [-0.4, -0.2) is 27.0 Å². The molecular formula is C21H28N2O5S. The summed E-state index contributed by atoms with van der Waals surface area (Å²) in [5.41, 5.74) is 3.26. The van der Waals surface area contributed by atoms with E-state index in [0.717, 1.165) is 12.0 Å². The van der Waals surface area contributed by atoms with Crippen molar-refractivity contribution in [2.24, 2.45) is 0 Å². The van der Waals surface area contributed by atoms with E-state index in [4.69, 9.17) is 9.47 Å². The van der Waals surface area contributed by atoms with E-state index >= 15 is 0 Å². The number of ether oxygens (including phenoxy) is 2. The van der Waals surface area contributed by atoms with Gasteiger partial charge in [-0.05, 0) is 68.1 Å². The van der Waals surface area contributed by atoms with Crippen LogP contribution < -0.4 is 19.7 Å². The van der Waals surface area contributed by atoms with Crippen LogP contribution in [0.2, 0.25) is 0 Å². The molecular weight excluding hydrogens is 392 g/mol. The third kappa shape index (κ3) is 6.47. The molecule has 2 aromatic rings. The molecule has 8 heteroatoms. The molecule has 0 saturated heterocycles. The average Bonchev–Trinajstić information content (AvgIpc) is 2.73.